The van der Waals surface area contributed by atoms with Crippen LogP contribution in [0.2, 0.25) is 0 Å². The number of amides is 2. The predicted octanol–water partition coefficient (Wildman–Crippen LogP) is 4.56. The molecule has 0 aliphatic carbocycles. The lowest BCUT2D eigenvalue weighted by molar-refractivity contribution is -0.116. The van der Waals surface area contributed by atoms with E-state index in [-0.39, 0.29) is 11.8 Å². The van der Waals surface area contributed by atoms with Crippen molar-refractivity contribution in [2.45, 2.75) is 17.7 Å². The summed E-state index contributed by atoms with van der Waals surface area (Å²) in [5.74, 6) is 1.88. The van der Waals surface area contributed by atoms with E-state index in [1.54, 1.807) is 6.07 Å². The smallest absolute Gasteiger partial charge is 0.234 e. The molecule has 27 heavy (non-hydrogen) atoms. The van der Waals surface area contributed by atoms with Crippen LogP contribution in [0.1, 0.15) is 12.2 Å². The molecule has 2 heterocycles. The number of thioether (sulfide) groups is 1. The fraction of sp³-hybridized carbons (Fsp3) is 0.143. The topological polar surface area (TPSA) is 71.3 Å². The number of hydrogen-bond acceptors (Lipinski definition) is 4. The molecule has 0 spiro atoms. The summed E-state index contributed by atoms with van der Waals surface area (Å²) < 4.78 is 5.83. The molecule has 0 saturated carbocycles. The Morgan fingerprint density at radius 1 is 1.11 bits per heavy atom. The number of nitrogens with one attached hydrogen (secondary N) is 2. The minimum absolute atomic E-state index is 0.0250. The second-order valence-electron chi connectivity index (χ2n) is 6.23. The van der Waals surface area contributed by atoms with E-state index in [4.69, 9.17) is 4.42 Å². The van der Waals surface area contributed by atoms with Crippen LogP contribution < -0.4 is 10.6 Å². The fourth-order valence-electron chi connectivity index (χ4n) is 2.89. The van der Waals surface area contributed by atoms with Gasteiger partial charge in [0.05, 0.1) is 11.4 Å². The summed E-state index contributed by atoms with van der Waals surface area (Å²) in [7, 11) is 0. The highest BCUT2D eigenvalue weighted by molar-refractivity contribution is 8.00. The lowest BCUT2D eigenvalue weighted by Crippen LogP contribution is -2.19. The minimum atomic E-state index is -0.0950. The first-order chi connectivity index (χ1) is 13.2. The van der Waals surface area contributed by atoms with Crippen molar-refractivity contribution >= 4 is 35.0 Å². The van der Waals surface area contributed by atoms with Gasteiger partial charge in [0.15, 0.2) is 0 Å². The summed E-state index contributed by atoms with van der Waals surface area (Å²) in [5.41, 5.74) is 2.43. The summed E-state index contributed by atoms with van der Waals surface area (Å²) >= 11 is 1.50. The lowest BCUT2D eigenvalue weighted by atomic mass is 10.2. The number of anilines is 2. The maximum atomic E-state index is 12.2. The second kappa shape index (κ2) is 7.72. The van der Waals surface area contributed by atoms with Crippen molar-refractivity contribution in [3.05, 3.63) is 66.4 Å². The van der Waals surface area contributed by atoms with Crippen LogP contribution in [-0.2, 0) is 16.0 Å². The van der Waals surface area contributed by atoms with Crippen molar-refractivity contribution in [2.75, 3.05) is 16.4 Å². The molecule has 0 bridgehead atoms. The lowest BCUT2D eigenvalue weighted by Gasteiger charge is -2.17. The highest BCUT2D eigenvalue weighted by atomic mass is 32.2. The Kier molecular flexibility index (Phi) is 4.98. The van der Waals surface area contributed by atoms with Gasteiger partial charge in [0, 0.05) is 29.0 Å². The number of carbonyl (C=O) groups excluding carboxylic acids is 2. The van der Waals surface area contributed by atoms with Gasteiger partial charge in [0.1, 0.15) is 11.5 Å². The molecule has 136 valence electrons. The number of rotatable bonds is 5. The fourth-order valence-corrected chi connectivity index (χ4v) is 3.68. The van der Waals surface area contributed by atoms with E-state index in [9.17, 15) is 9.59 Å². The van der Waals surface area contributed by atoms with Crippen molar-refractivity contribution in [1.82, 2.24) is 0 Å². The molecular formula is C21H18N2O3S. The van der Waals surface area contributed by atoms with Crippen molar-refractivity contribution in [3.8, 4) is 11.3 Å². The van der Waals surface area contributed by atoms with E-state index in [0.717, 1.165) is 27.7 Å². The van der Waals surface area contributed by atoms with Gasteiger partial charge in [-0.05, 0) is 30.3 Å². The van der Waals surface area contributed by atoms with Crippen LogP contribution in [0, 0.1) is 0 Å². The van der Waals surface area contributed by atoms with Gasteiger partial charge in [-0.1, -0.05) is 30.3 Å². The van der Waals surface area contributed by atoms with Gasteiger partial charge in [-0.3, -0.25) is 9.59 Å². The molecule has 4 rings (SSSR count). The van der Waals surface area contributed by atoms with E-state index < -0.39 is 0 Å². The van der Waals surface area contributed by atoms with Crippen molar-refractivity contribution in [1.29, 1.82) is 0 Å². The van der Waals surface area contributed by atoms with Crippen molar-refractivity contribution in [2.24, 2.45) is 0 Å². The van der Waals surface area contributed by atoms with Crippen LogP contribution in [0.5, 0.6) is 0 Å². The number of fused-ring (bicyclic) bond motifs is 1. The van der Waals surface area contributed by atoms with E-state index in [1.807, 2.05) is 54.6 Å². The van der Waals surface area contributed by atoms with Crippen LogP contribution in [0.4, 0.5) is 11.4 Å². The van der Waals surface area contributed by atoms with Gasteiger partial charge in [0.25, 0.3) is 0 Å². The summed E-state index contributed by atoms with van der Waals surface area (Å²) in [6.07, 6.45) is 0.843. The zero-order valence-electron chi connectivity index (χ0n) is 14.5. The number of benzene rings is 2. The first-order valence-electron chi connectivity index (χ1n) is 8.68. The molecule has 0 fully saturated rings. The Bertz CT molecular complexity index is 982. The normalized spacial score (nSPS) is 13.0. The monoisotopic (exact) mass is 378 g/mol. The Balaban J connectivity index is 1.34. The molecule has 0 unspecified atom stereocenters. The highest BCUT2D eigenvalue weighted by Crippen LogP contribution is 2.33. The van der Waals surface area contributed by atoms with Gasteiger partial charge in [-0.2, -0.15) is 0 Å². The molecule has 1 aliphatic rings. The van der Waals surface area contributed by atoms with Crippen LogP contribution in [0.15, 0.2) is 70.0 Å². The first kappa shape index (κ1) is 17.4. The van der Waals surface area contributed by atoms with Crippen molar-refractivity contribution in [3.63, 3.8) is 0 Å². The zero-order valence-corrected chi connectivity index (χ0v) is 15.3. The van der Waals surface area contributed by atoms with Gasteiger partial charge in [0.2, 0.25) is 11.8 Å². The number of aryl methyl sites for hydroxylation is 1. The molecule has 0 saturated heterocycles. The zero-order chi connectivity index (χ0) is 18.6. The van der Waals surface area contributed by atoms with Gasteiger partial charge in [-0.15, -0.1) is 11.8 Å². The van der Waals surface area contributed by atoms with Crippen molar-refractivity contribution < 1.29 is 14.0 Å². The van der Waals surface area contributed by atoms with Gasteiger partial charge in [-0.25, -0.2) is 0 Å². The maximum Gasteiger partial charge on any atom is 0.234 e. The standard InChI is InChI=1S/C21H18N2O3S/c24-20(22-15-6-10-19-17(12-15)23-21(25)13-27-19)11-8-16-7-9-18(26-16)14-4-2-1-3-5-14/h1-7,9-10,12H,8,11,13H2,(H,22,24)(H,23,25). The van der Waals surface area contributed by atoms with E-state index in [1.165, 1.54) is 11.8 Å². The minimum Gasteiger partial charge on any atom is -0.461 e. The van der Waals surface area contributed by atoms with Gasteiger partial charge >= 0.3 is 0 Å². The number of hydrogen-bond donors (Lipinski definition) is 2. The average Bonchev–Trinajstić information content (AvgIpc) is 3.16. The molecule has 2 aromatic carbocycles. The average molecular weight is 378 g/mol. The molecule has 2 N–H and O–H groups in total. The molecular weight excluding hydrogens is 360 g/mol. The molecule has 2 amide bonds. The first-order valence-corrected chi connectivity index (χ1v) is 9.66. The summed E-state index contributed by atoms with van der Waals surface area (Å²) in [6, 6.07) is 19.2. The molecule has 1 aromatic heterocycles. The van der Waals surface area contributed by atoms with Crippen LogP contribution in [0.25, 0.3) is 11.3 Å². The van der Waals surface area contributed by atoms with E-state index >= 15 is 0 Å². The third-order valence-electron chi connectivity index (χ3n) is 4.21. The summed E-state index contributed by atoms with van der Waals surface area (Å²) in [4.78, 5) is 24.8. The quantitative estimate of drug-likeness (QED) is 0.683. The maximum absolute atomic E-state index is 12.2. The third kappa shape index (κ3) is 4.23. The Morgan fingerprint density at radius 3 is 2.81 bits per heavy atom. The Hall–Kier alpha value is -2.99. The molecule has 0 radical (unpaired) electrons. The molecule has 1 aliphatic heterocycles. The third-order valence-corrected chi connectivity index (χ3v) is 5.29. The number of furan rings is 1. The number of carbonyl (C=O) groups is 2. The molecule has 3 aromatic rings. The van der Waals surface area contributed by atoms with Crippen LogP contribution >= 0.6 is 11.8 Å². The molecule has 6 heteroatoms. The Morgan fingerprint density at radius 2 is 1.96 bits per heavy atom. The largest absolute Gasteiger partial charge is 0.461 e. The molecule has 5 nitrogen and oxygen atoms in total. The van der Waals surface area contributed by atoms with E-state index in [2.05, 4.69) is 10.6 Å². The van der Waals surface area contributed by atoms with Crippen LogP contribution in [-0.4, -0.2) is 17.6 Å². The Labute approximate surface area is 161 Å². The SMILES string of the molecule is O=C(CCc1ccc(-c2ccccc2)o1)Nc1ccc2c(c1)NC(=O)CS2. The van der Waals surface area contributed by atoms with E-state index in [0.29, 0.717) is 24.3 Å². The summed E-state index contributed by atoms with van der Waals surface area (Å²) in [5, 5.41) is 5.70. The second-order valence-corrected chi connectivity index (χ2v) is 7.25. The van der Waals surface area contributed by atoms with Crippen LogP contribution in [0.3, 0.4) is 0 Å². The van der Waals surface area contributed by atoms with Gasteiger partial charge < -0.3 is 15.1 Å². The predicted molar refractivity (Wildman–Crippen MR) is 107 cm³/mol. The highest BCUT2D eigenvalue weighted by Gasteiger charge is 2.16. The molecule has 0 atom stereocenters. The summed E-state index contributed by atoms with van der Waals surface area (Å²) in [6.45, 7) is 0.